The Morgan fingerprint density at radius 2 is 2.20 bits per heavy atom. The predicted molar refractivity (Wildman–Crippen MR) is 60.8 cm³/mol. The first-order valence-electron chi connectivity index (χ1n) is 5.92. The zero-order valence-corrected chi connectivity index (χ0v) is 10.1. The first-order chi connectivity index (χ1) is 7.00. The highest BCUT2D eigenvalue weighted by atomic mass is 16.4. The fraction of sp³-hybridized carbons (Fsp3) is 0.917. The summed E-state index contributed by atoms with van der Waals surface area (Å²) in [6.07, 6.45) is 3.67. The lowest BCUT2D eigenvalue weighted by atomic mass is 9.82. The van der Waals surface area contributed by atoms with Crippen molar-refractivity contribution in [2.45, 2.75) is 45.6 Å². The minimum absolute atomic E-state index is 0.335. The molecule has 1 saturated heterocycles. The number of rotatable bonds is 4. The molecule has 0 bridgehead atoms. The second-order valence-electron chi connectivity index (χ2n) is 5.18. The van der Waals surface area contributed by atoms with E-state index in [0.29, 0.717) is 24.3 Å². The number of aliphatic carboxylic acids is 1. The Morgan fingerprint density at radius 1 is 1.53 bits per heavy atom. The molecule has 15 heavy (non-hydrogen) atoms. The van der Waals surface area contributed by atoms with Crippen LogP contribution in [0.3, 0.4) is 0 Å². The van der Waals surface area contributed by atoms with Crippen molar-refractivity contribution in [3.05, 3.63) is 0 Å². The third-order valence-corrected chi connectivity index (χ3v) is 3.35. The Kier molecular flexibility index (Phi) is 4.58. The summed E-state index contributed by atoms with van der Waals surface area (Å²) in [4.78, 5) is 13.1. The van der Waals surface area contributed by atoms with Crippen molar-refractivity contribution in [1.82, 2.24) is 4.90 Å². The molecule has 1 rings (SSSR count). The predicted octanol–water partition coefficient (Wildman–Crippen LogP) is 2.22. The quantitative estimate of drug-likeness (QED) is 0.778. The van der Waals surface area contributed by atoms with Crippen molar-refractivity contribution in [3.8, 4) is 0 Å². The van der Waals surface area contributed by atoms with Crippen LogP contribution in [0.15, 0.2) is 0 Å². The second-order valence-corrected chi connectivity index (χ2v) is 5.18. The summed E-state index contributed by atoms with van der Waals surface area (Å²) in [5.74, 6) is 0.347. The van der Waals surface area contributed by atoms with Crippen LogP contribution in [0.1, 0.15) is 39.5 Å². The van der Waals surface area contributed by atoms with E-state index in [-0.39, 0.29) is 0 Å². The number of carboxylic acids is 1. The molecular formula is C12H23NO2. The molecule has 0 amide bonds. The van der Waals surface area contributed by atoms with E-state index in [1.54, 1.807) is 0 Å². The van der Waals surface area contributed by atoms with Crippen LogP contribution in [0.25, 0.3) is 0 Å². The summed E-state index contributed by atoms with van der Waals surface area (Å²) in [6, 6.07) is 0.467. The maximum atomic E-state index is 10.8. The van der Waals surface area contributed by atoms with Gasteiger partial charge in [0.2, 0.25) is 0 Å². The van der Waals surface area contributed by atoms with Gasteiger partial charge < -0.3 is 10.0 Å². The minimum atomic E-state index is -0.649. The van der Waals surface area contributed by atoms with Gasteiger partial charge in [0, 0.05) is 12.5 Å². The zero-order valence-electron chi connectivity index (χ0n) is 10.1. The fourth-order valence-corrected chi connectivity index (χ4v) is 2.64. The average molecular weight is 213 g/mol. The van der Waals surface area contributed by atoms with Gasteiger partial charge in [0.15, 0.2) is 0 Å². The van der Waals surface area contributed by atoms with E-state index in [0.717, 1.165) is 25.8 Å². The third-order valence-electron chi connectivity index (χ3n) is 3.35. The molecule has 1 heterocycles. The maximum absolute atomic E-state index is 10.8. The van der Waals surface area contributed by atoms with Crippen molar-refractivity contribution < 1.29 is 9.90 Å². The maximum Gasteiger partial charge on any atom is 0.303 e. The van der Waals surface area contributed by atoms with Gasteiger partial charge >= 0.3 is 5.97 Å². The van der Waals surface area contributed by atoms with Crippen molar-refractivity contribution in [1.29, 1.82) is 0 Å². The molecule has 0 radical (unpaired) electrons. The van der Waals surface area contributed by atoms with Crippen LogP contribution in [0.5, 0.6) is 0 Å². The molecule has 1 N–H and O–H groups in total. The summed E-state index contributed by atoms with van der Waals surface area (Å²) < 4.78 is 0. The summed E-state index contributed by atoms with van der Waals surface area (Å²) >= 11 is 0. The number of hydrogen-bond acceptors (Lipinski definition) is 2. The molecule has 1 aliphatic heterocycles. The molecule has 3 heteroatoms. The molecule has 0 spiro atoms. The number of piperidine rings is 1. The molecule has 0 aromatic rings. The highest BCUT2D eigenvalue weighted by molar-refractivity contribution is 5.67. The van der Waals surface area contributed by atoms with Crippen LogP contribution in [0.4, 0.5) is 0 Å². The van der Waals surface area contributed by atoms with Gasteiger partial charge in [-0.2, -0.15) is 0 Å². The van der Waals surface area contributed by atoms with Crippen LogP contribution >= 0.6 is 0 Å². The zero-order chi connectivity index (χ0) is 11.4. The Balaban J connectivity index is 2.59. The first-order valence-corrected chi connectivity index (χ1v) is 5.92. The molecule has 0 aromatic carbocycles. The number of likely N-dealkylation sites (tertiary alicyclic amines) is 1. The van der Waals surface area contributed by atoms with Crippen LogP contribution in [0, 0.1) is 11.8 Å². The van der Waals surface area contributed by atoms with Gasteiger partial charge in [-0.15, -0.1) is 0 Å². The Bertz CT molecular complexity index is 216. The van der Waals surface area contributed by atoms with Gasteiger partial charge in [-0.1, -0.05) is 13.8 Å². The van der Waals surface area contributed by atoms with Gasteiger partial charge in [-0.05, 0) is 44.7 Å². The standard InChI is InChI=1S/C12H23NO2/c1-9(2)7-11-10(8-12(14)15)5-4-6-13(11)3/h9-11H,4-8H2,1-3H3,(H,14,15)/t10-,11-/m1/s1. The number of carbonyl (C=O) groups is 1. The van der Waals surface area contributed by atoms with Crippen LogP contribution in [-0.4, -0.2) is 35.6 Å². The Morgan fingerprint density at radius 3 is 2.73 bits per heavy atom. The normalized spacial score (nSPS) is 28.3. The lowest BCUT2D eigenvalue weighted by Gasteiger charge is -2.39. The van der Waals surface area contributed by atoms with Crippen LogP contribution in [-0.2, 0) is 4.79 Å². The lowest BCUT2D eigenvalue weighted by Crippen LogP contribution is -2.44. The van der Waals surface area contributed by atoms with E-state index in [9.17, 15) is 4.79 Å². The van der Waals surface area contributed by atoms with E-state index < -0.39 is 5.97 Å². The van der Waals surface area contributed by atoms with Crippen LogP contribution in [0.2, 0.25) is 0 Å². The van der Waals surface area contributed by atoms with Gasteiger partial charge in [-0.25, -0.2) is 0 Å². The summed E-state index contributed by atoms with van der Waals surface area (Å²) in [7, 11) is 2.13. The Hall–Kier alpha value is -0.570. The number of nitrogens with zero attached hydrogens (tertiary/aromatic N) is 1. The molecular weight excluding hydrogens is 190 g/mol. The lowest BCUT2D eigenvalue weighted by molar-refractivity contribution is -0.139. The molecule has 3 nitrogen and oxygen atoms in total. The SMILES string of the molecule is CC(C)C[C@@H]1[C@@H](CC(=O)O)CCCN1C. The van der Waals surface area contributed by atoms with E-state index in [1.807, 2.05) is 0 Å². The van der Waals surface area contributed by atoms with Crippen molar-refractivity contribution in [2.75, 3.05) is 13.6 Å². The fourth-order valence-electron chi connectivity index (χ4n) is 2.64. The van der Waals surface area contributed by atoms with Crippen molar-refractivity contribution >= 4 is 5.97 Å². The first kappa shape index (κ1) is 12.5. The smallest absolute Gasteiger partial charge is 0.303 e. The van der Waals surface area contributed by atoms with Crippen LogP contribution < -0.4 is 0 Å². The van der Waals surface area contributed by atoms with Gasteiger partial charge in [0.05, 0.1) is 0 Å². The molecule has 0 aliphatic carbocycles. The largest absolute Gasteiger partial charge is 0.481 e. The summed E-state index contributed by atoms with van der Waals surface area (Å²) in [5, 5.41) is 8.89. The number of carboxylic acid groups (broad SMARTS) is 1. The second kappa shape index (κ2) is 5.50. The van der Waals surface area contributed by atoms with E-state index in [1.165, 1.54) is 0 Å². The Labute approximate surface area is 92.5 Å². The molecule has 0 saturated carbocycles. The number of hydrogen-bond donors (Lipinski definition) is 1. The topological polar surface area (TPSA) is 40.5 Å². The minimum Gasteiger partial charge on any atom is -0.481 e. The van der Waals surface area contributed by atoms with Gasteiger partial charge in [0.25, 0.3) is 0 Å². The molecule has 1 fully saturated rings. The van der Waals surface area contributed by atoms with Crippen molar-refractivity contribution in [3.63, 3.8) is 0 Å². The van der Waals surface area contributed by atoms with Gasteiger partial charge in [0.1, 0.15) is 0 Å². The van der Waals surface area contributed by atoms with E-state index in [4.69, 9.17) is 5.11 Å². The average Bonchev–Trinajstić information content (AvgIpc) is 2.09. The van der Waals surface area contributed by atoms with E-state index >= 15 is 0 Å². The molecule has 88 valence electrons. The molecule has 0 unspecified atom stereocenters. The molecule has 0 aromatic heterocycles. The molecule has 2 atom stereocenters. The third kappa shape index (κ3) is 3.82. The monoisotopic (exact) mass is 213 g/mol. The van der Waals surface area contributed by atoms with E-state index in [2.05, 4.69) is 25.8 Å². The summed E-state index contributed by atoms with van der Waals surface area (Å²) in [6.45, 7) is 5.54. The highest BCUT2D eigenvalue weighted by Gasteiger charge is 2.30. The van der Waals surface area contributed by atoms with Gasteiger partial charge in [-0.3, -0.25) is 4.79 Å². The molecule has 1 aliphatic rings. The van der Waals surface area contributed by atoms with Crippen molar-refractivity contribution in [2.24, 2.45) is 11.8 Å². The highest BCUT2D eigenvalue weighted by Crippen LogP contribution is 2.29. The summed E-state index contributed by atoms with van der Waals surface area (Å²) in [5.41, 5.74) is 0.